The molecule has 0 aliphatic carbocycles. The lowest BCUT2D eigenvalue weighted by atomic mass is 10.1. The summed E-state index contributed by atoms with van der Waals surface area (Å²) in [6.07, 6.45) is 0.750. The molecule has 0 atom stereocenters. The summed E-state index contributed by atoms with van der Waals surface area (Å²) in [5, 5.41) is 0. The van der Waals surface area contributed by atoms with Crippen molar-refractivity contribution in [1.82, 2.24) is 4.90 Å². The molecule has 0 fully saturated rings. The Morgan fingerprint density at radius 1 is 1.24 bits per heavy atom. The van der Waals surface area contributed by atoms with Crippen molar-refractivity contribution in [3.05, 3.63) is 29.3 Å². The minimum absolute atomic E-state index is 0.0116. The van der Waals surface area contributed by atoms with E-state index in [1.165, 1.54) is 11.0 Å². The topological polar surface area (TPSA) is 74.7 Å². The molecule has 5 nitrogen and oxygen atoms in total. The number of rotatable bonds is 2. The average Bonchev–Trinajstić information content (AvgIpc) is 2.21. The van der Waals surface area contributed by atoms with Crippen molar-refractivity contribution in [2.45, 2.75) is 18.7 Å². The van der Waals surface area contributed by atoms with Gasteiger partial charge in [0.15, 0.2) is 0 Å². The standard InChI is InChI=1S/C8H10O3S.C3H7NO/c1-6-4-3-5-8(7(6)2)12(9,10)11;1-4(2)3-5/h3-5H,1-2H3,(H,9,10,11);3H,1-2H3. The van der Waals surface area contributed by atoms with E-state index in [2.05, 4.69) is 0 Å². The molecule has 0 aliphatic heterocycles. The first-order valence-electron chi connectivity index (χ1n) is 4.85. The number of nitrogens with zero attached hydrogens (tertiary/aromatic N) is 1. The van der Waals surface area contributed by atoms with Gasteiger partial charge in [0.05, 0.1) is 4.90 Å². The van der Waals surface area contributed by atoms with E-state index in [-0.39, 0.29) is 4.90 Å². The lowest BCUT2D eigenvalue weighted by molar-refractivity contribution is -0.115. The fourth-order valence-electron chi connectivity index (χ4n) is 1.00. The molecule has 6 heteroatoms. The third kappa shape index (κ3) is 5.46. The molecule has 0 aromatic heterocycles. The molecule has 1 amide bonds. The van der Waals surface area contributed by atoms with E-state index in [0.29, 0.717) is 5.56 Å². The second-order valence-corrected chi connectivity index (χ2v) is 5.13. The molecule has 0 radical (unpaired) electrons. The van der Waals surface area contributed by atoms with Gasteiger partial charge in [0.25, 0.3) is 10.1 Å². The van der Waals surface area contributed by atoms with Crippen molar-refractivity contribution in [3.63, 3.8) is 0 Å². The summed E-state index contributed by atoms with van der Waals surface area (Å²) < 4.78 is 30.3. The van der Waals surface area contributed by atoms with Crippen LogP contribution < -0.4 is 0 Å². The lowest BCUT2D eigenvalue weighted by Crippen LogP contribution is -2.06. The number of carbonyl (C=O) groups is 1. The number of hydrogen-bond donors (Lipinski definition) is 1. The van der Waals surface area contributed by atoms with Crippen LogP contribution in [0.1, 0.15) is 11.1 Å². The summed E-state index contributed by atoms with van der Waals surface area (Å²) in [5.74, 6) is 0. The van der Waals surface area contributed by atoms with Gasteiger partial charge in [-0.15, -0.1) is 0 Å². The van der Waals surface area contributed by atoms with Crippen LogP contribution in [0, 0.1) is 13.8 Å². The molecule has 1 aromatic rings. The predicted molar refractivity (Wildman–Crippen MR) is 65.5 cm³/mol. The maximum absolute atomic E-state index is 10.8. The monoisotopic (exact) mass is 259 g/mol. The van der Waals surface area contributed by atoms with Gasteiger partial charge >= 0.3 is 0 Å². The number of amides is 1. The summed E-state index contributed by atoms with van der Waals surface area (Å²) in [6.45, 7) is 3.46. The number of carbonyl (C=O) groups excluding carboxylic acids is 1. The van der Waals surface area contributed by atoms with Gasteiger partial charge in [-0.05, 0) is 31.0 Å². The summed E-state index contributed by atoms with van der Waals surface area (Å²) in [6, 6.07) is 4.78. The molecule has 0 unspecified atom stereocenters. The van der Waals surface area contributed by atoms with Gasteiger partial charge in [-0.1, -0.05) is 12.1 Å². The normalized spacial score (nSPS) is 10.2. The fourth-order valence-corrected chi connectivity index (χ4v) is 1.80. The Hall–Kier alpha value is -1.40. The van der Waals surface area contributed by atoms with E-state index in [1.54, 1.807) is 40.1 Å². The van der Waals surface area contributed by atoms with E-state index in [9.17, 15) is 13.2 Å². The Bertz CT molecular complexity index is 480. The Kier molecular flexibility index (Phi) is 5.84. The van der Waals surface area contributed by atoms with Crippen LogP contribution >= 0.6 is 0 Å². The van der Waals surface area contributed by atoms with Gasteiger partial charge in [-0.3, -0.25) is 9.35 Å². The summed E-state index contributed by atoms with van der Waals surface area (Å²) in [7, 11) is -0.681. The second-order valence-electron chi connectivity index (χ2n) is 3.74. The molecular weight excluding hydrogens is 242 g/mol. The third-order valence-electron chi connectivity index (χ3n) is 2.04. The zero-order chi connectivity index (χ0) is 13.6. The van der Waals surface area contributed by atoms with E-state index >= 15 is 0 Å². The largest absolute Gasteiger partial charge is 0.351 e. The molecule has 0 saturated carbocycles. The highest BCUT2D eigenvalue weighted by Crippen LogP contribution is 2.17. The van der Waals surface area contributed by atoms with Crippen LogP contribution in [0.4, 0.5) is 0 Å². The molecule has 1 N–H and O–H groups in total. The van der Waals surface area contributed by atoms with Crippen LogP contribution in [-0.4, -0.2) is 38.4 Å². The first-order valence-corrected chi connectivity index (χ1v) is 6.29. The van der Waals surface area contributed by atoms with Crippen LogP contribution in [0.2, 0.25) is 0 Å². The number of hydrogen-bond acceptors (Lipinski definition) is 3. The highest BCUT2D eigenvalue weighted by Gasteiger charge is 2.12. The molecule has 1 rings (SSSR count). The fraction of sp³-hybridized carbons (Fsp3) is 0.364. The molecule has 17 heavy (non-hydrogen) atoms. The molecular formula is C11H17NO4S. The third-order valence-corrected chi connectivity index (χ3v) is 3.04. The van der Waals surface area contributed by atoms with Gasteiger partial charge in [0.1, 0.15) is 0 Å². The number of aryl methyl sites for hydroxylation is 1. The van der Waals surface area contributed by atoms with Crippen molar-refractivity contribution in [2.24, 2.45) is 0 Å². The van der Waals surface area contributed by atoms with Crippen LogP contribution in [0.3, 0.4) is 0 Å². The first-order chi connectivity index (χ1) is 7.70. The maximum Gasteiger partial charge on any atom is 0.294 e. The zero-order valence-corrected chi connectivity index (χ0v) is 11.2. The molecule has 0 bridgehead atoms. The van der Waals surface area contributed by atoms with E-state index in [4.69, 9.17) is 4.55 Å². The molecule has 0 saturated heterocycles. The van der Waals surface area contributed by atoms with E-state index < -0.39 is 10.1 Å². The minimum Gasteiger partial charge on any atom is -0.351 e. The van der Waals surface area contributed by atoms with Crippen molar-refractivity contribution in [3.8, 4) is 0 Å². The Balaban J connectivity index is 0.000000437. The molecule has 0 heterocycles. The van der Waals surface area contributed by atoms with Crippen molar-refractivity contribution < 1.29 is 17.8 Å². The SMILES string of the molecule is CN(C)C=O.Cc1cccc(S(=O)(=O)O)c1C. The number of benzene rings is 1. The van der Waals surface area contributed by atoms with Gasteiger partial charge < -0.3 is 4.90 Å². The van der Waals surface area contributed by atoms with Crippen LogP contribution in [0.25, 0.3) is 0 Å². The maximum atomic E-state index is 10.8. The van der Waals surface area contributed by atoms with Crippen molar-refractivity contribution in [1.29, 1.82) is 0 Å². The molecule has 1 aromatic carbocycles. The Morgan fingerprint density at radius 2 is 1.71 bits per heavy atom. The second kappa shape index (κ2) is 6.36. The molecule has 0 aliphatic rings. The van der Waals surface area contributed by atoms with E-state index in [1.807, 2.05) is 0 Å². The van der Waals surface area contributed by atoms with Crippen LogP contribution in [-0.2, 0) is 14.9 Å². The predicted octanol–water partition coefficient (Wildman–Crippen LogP) is 1.25. The van der Waals surface area contributed by atoms with Gasteiger partial charge in [-0.2, -0.15) is 8.42 Å². The van der Waals surface area contributed by atoms with Crippen molar-refractivity contribution in [2.75, 3.05) is 14.1 Å². The quantitative estimate of drug-likeness (QED) is 0.641. The average molecular weight is 259 g/mol. The smallest absolute Gasteiger partial charge is 0.294 e. The van der Waals surface area contributed by atoms with Gasteiger partial charge in [0, 0.05) is 14.1 Å². The van der Waals surface area contributed by atoms with Crippen molar-refractivity contribution >= 4 is 16.5 Å². The van der Waals surface area contributed by atoms with Gasteiger partial charge in [0.2, 0.25) is 6.41 Å². The Labute approximate surface area is 102 Å². The minimum atomic E-state index is -4.06. The molecule has 96 valence electrons. The Morgan fingerprint density at radius 3 is 2.00 bits per heavy atom. The molecule has 0 spiro atoms. The van der Waals surface area contributed by atoms with E-state index in [0.717, 1.165) is 12.0 Å². The summed E-state index contributed by atoms with van der Waals surface area (Å²) in [5.41, 5.74) is 1.45. The van der Waals surface area contributed by atoms with Crippen LogP contribution in [0.15, 0.2) is 23.1 Å². The lowest BCUT2D eigenvalue weighted by Gasteiger charge is -2.03. The zero-order valence-electron chi connectivity index (χ0n) is 10.3. The summed E-state index contributed by atoms with van der Waals surface area (Å²) in [4.78, 5) is 10.9. The highest BCUT2D eigenvalue weighted by molar-refractivity contribution is 7.85. The van der Waals surface area contributed by atoms with Crippen LogP contribution in [0.5, 0.6) is 0 Å². The summed E-state index contributed by atoms with van der Waals surface area (Å²) >= 11 is 0. The van der Waals surface area contributed by atoms with Gasteiger partial charge in [-0.25, -0.2) is 0 Å². The highest BCUT2D eigenvalue weighted by atomic mass is 32.2. The first kappa shape index (κ1) is 15.6.